The maximum absolute atomic E-state index is 11.7. The number of phenolic OH excluding ortho intramolecular Hbond substituents is 1. The molecule has 0 bridgehead atoms. The number of thiocarbonyl (C=S) groups is 1. The van der Waals surface area contributed by atoms with E-state index in [2.05, 4.69) is 10.6 Å². The van der Waals surface area contributed by atoms with E-state index >= 15 is 0 Å². The first kappa shape index (κ1) is 16.3. The Bertz CT molecular complexity index is 726. The van der Waals surface area contributed by atoms with Crippen molar-refractivity contribution in [1.82, 2.24) is 0 Å². The second-order valence-corrected chi connectivity index (χ2v) is 6.36. The van der Waals surface area contributed by atoms with Gasteiger partial charge in [0, 0.05) is 4.88 Å². The van der Waals surface area contributed by atoms with Gasteiger partial charge in [-0.3, -0.25) is 0 Å². The minimum Gasteiger partial charge on any atom is -0.506 e. The molecule has 0 atom stereocenters. The predicted molar refractivity (Wildman–Crippen MR) is 93.1 cm³/mol. The second-order valence-electron chi connectivity index (χ2n) is 4.69. The summed E-state index contributed by atoms with van der Waals surface area (Å²) >= 11 is 6.63. The van der Waals surface area contributed by atoms with Crippen LogP contribution in [-0.4, -0.2) is 23.3 Å². The molecular weight excluding hydrogens is 320 g/mol. The molecule has 5 nitrogen and oxygen atoms in total. The summed E-state index contributed by atoms with van der Waals surface area (Å²) < 4.78 is 4.75. The quantitative estimate of drug-likeness (QED) is 0.451. The third-order valence-electron chi connectivity index (χ3n) is 2.89. The topological polar surface area (TPSA) is 70.6 Å². The van der Waals surface area contributed by atoms with E-state index in [1.165, 1.54) is 18.4 Å². The number of aromatic hydroxyl groups is 1. The number of carbonyl (C=O) groups excluding carboxylic acids is 1. The van der Waals surface area contributed by atoms with Crippen molar-refractivity contribution in [3.05, 3.63) is 40.3 Å². The van der Waals surface area contributed by atoms with Gasteiger partial charge in [-0.1, -0.05) is 6.07 Å². The Morgan fingerprint density at radius 3 is 2.64 bits per heavy atom. The first-order chi connectivity index (χ1) is 10.4. The number of benzene rings is 1. The fourth-order valence-corrected chi connectivity index (χ4v) is 3.05. The Kier molecular flexibility index (Phi) is 4.99. The molecule has 22 heavy (non-hydrogen) atoms. The van der Waals surface area contributed by atoms with Gasteiger partial charge in [-0.05, 0) is 49.8 Å². The molecule has 1 aromatic carbocycles. The largest absolute Gasteiger partial charge is 0.506 e. The summed E-state index contributed by atoms with van der Waals surface area (Å²) in [6.45, 7) is 3.78. The molecule has 0 aliphatic heterocycles. The normalized spacial score (nSPS) is 10.1. The number of hydrogen-bond acceptors (Lipinski definition) is 5. The van der Waals surface area contributed by atoms with E-state index < -0.39 is 5.97 Å². The zero-order chi connectivity index (χ0) is 16.3. The van der Waals surface area contributed by atoms with E-state index in [1.54, 1.807) is 18.2 Å². The van der Waals surface area contributed by atoms with Crippen molar-refractivity contribution >= 4 is 45.3 Å². The van der Waals surface area contributed by atoms with Crippen LogP contribution < -0.4 is 10.6 Å². The van der Waals surface area contributed by atoms with E-state index in [0.717, 1.165) is 10.4 Å². The van der Waals surface area contributed by atoms with E-state index in [9.17, 15) is 9.90 Å². The molecule has 116 valence electrons. The van der Waals surface area contributed by atoms with Gasteiger partial charge in [-0.2, -0.15) is 0 Å². The highest BCUT2D eigenvalue weighted by Gasteiger charge is 2.16. The molecule has 0 unspecified atom stereocenters. The first-order valence-electron chi connectivity index (χ1n) is 6.47. The Labute approximate surface area is 137 Å². The van der Waals surface area contributed by atoms with Gasteiger partial charge in [0.2, 0.25) is 0 Å². The number of anilines is 2. The summed E-state index contributed by atoms with van der Waals surface area (Å²) in [5.74, 6) is -0.312. The highest BCUT2D eigenvalue weighted by atomic mass is 32.1. The highest BCUT2D eigenvalue weighted by molar-refractivity contribution is 7.80. The lowest BCUT2D eigenvalue weighted by atomic mass is 10.2. The summed E-state index contributed by atoms with van der Waals surface area (Å²) in [6.07, 6.45) is 0. The molecule has 0 amide bonds. The number of carbonyl (C=O) groups is 1. The van der Waals surface area contributed by atoms with Gasteiger partial charge < -0.3 is 20.5 Å². The molecule has 7 heteroatoms. The highest BCUT2D eigenvalue weighted by Crippen LogP contribution is 2.29. The molecule has 1 aromatic heterocycles. The molecule has 0 fully saturated rings. The molecule has 0 aliphatic carbocycles. The lowest BCUT2D eigenvalue weighted by Gasteiger charge is -2.12. The SMILES string of the molecule is COC(=O)c1cc(C)sc1NC(=S)Nc1ccc(C)cc1O. The standard InChI is InChI=1S/C15H16N2O3S2/c1-8-4-5-11(12(18)6-8)16-15(21)17-13-10(14(19)20-3)7-9(2)22-13/h4-7,18H,1-3H3,(H2,16,17,21). The van der Waals surface area contributed by atoms with Crippen LogP contribution in [0.3, 0.4) is 0 Å². The molecule has 0 radical (unpaired) electrons. The lowest BCUT2D eigenvalue weighted by molar-refractivity contribution is 0.0602. The number of thiophene rings is 1. The van der Waals surface area contributed by atoms with Gasteiger partial charge >= 0.3 is 5.97 Å². The molecule has 0 spiro atoms. The van der Waals surface area contributed by atoms with Gasteiger partial charge in [0.05, 0.1) is 18.4 Å². The smallest absolute Gasteiger partial charge is 0.340 e. The van der Waals surface area contributed by atoms with Crippen LogP contribution in [0.25, 0.3) is 0 Å². The van der Waals surface area contributed by atoms with Crippen molar-refractivity contribution in [1.29, 1.82) is 0 Å². The van der Waals surface area contributed by atoms with Crippen LogP contribution >= 0.6 is 23.6 Å². The Balaban J connectivity index is 2.14. The number of phenols is 1. The number of aryl methyl sites for hydroxylation is 2. The minimum absolute atomic E-state index is 0.111. The molecular formula is C15H16N2O3S2. The average Bonchev–Trinajstić information content (AvgIpc) is 2.81. The van der Waals surface area contributed by atoms with E-state index in [0.29, 0.717) is 16.3 Å². The van der Waals surface area contributed by atoms with Crippen molar-refractivity contribution in [2.75, 3.05) is 17.7 Å². The Morgan fingerprint density at radius 2 is 2.00 bits per heavy atom. The first-order valence-corrected chi connectivity index (χ1v) is 7.69. The minimum atomic E-state index is -0.423. The maximum atomic E-state index is 11.7. The van der Waals surface area contributed by atoms with Crippen molar-refractivity contribution in [3.63, 3.8) is 0 Å². The summed E-state index contributed by atoms with van der Waals surface area (Å²) in [4.78, 5) is 12.7. The Hall–Kier alpha value is -2.12. The summed E-state index contributed by atoms with van der Waals surface area (Å²) in [6, 6.07) is 6.98. The molecule has 2 rings (SSSR count). The van der Waals surface area contributed by atoms with Crippen LogP contribution in [0.4, 0.5) is 10.7 Å². The number of esters is 1. The van der Waals surface area contributed by atoms with Crippen LogP contribution in [0.5, 0.6) is 5.75 Å². The molecule has 0 saturated heterocycles. The number of ether oxygens (including phenoxy) is 1. The zero-order valence-corrected chi connectivity index (χ0v) is 14.0. The van der Waals surface area contributed by atoms with Gasteiger partial charge in [-0.15, -0.1) is 11.3 Å². The third kappa shape index (κ3) is 3.75. The molecule has 3 N–H and O–H groups in total. The number of methoxy groups -OCH3 is 1. The van der Waals surface area contributed by atoms with Crippen molar-refractivity contribution in [3.8, 4) is 5.75 Å². The van der Waals surface area contributed by atoms with Crippen LogP contribution in [0.15, 0.2) is 24.3 Å². The zero-order valence-electron chi connectivity index (χ0n) is 12.4. The van der Waals surface area contributed by atoms with Crippen molar-refractivity contribution in [2.24, 2.45) is 0 Å². The third-order valence-corrected chi connectivity index (χ3v) is 4.06. The lowest BCUT2D eigenvalue weighted by Crippen LogP contribution is -2.20. The summed E-state index contributed by atoms with van der Waals surface area (Å²) in [5, 5.41) is 16.6. The Morgan fingerprint density at radius 1 is 1.27 bits per heavy atom. The van der Waals surface area contributed by atoms with Gasteiger partial charge in [0.25, 0.3) is 0 Å². The van der Waals surface area contributed by atoms with Crippen LogP contribution in [-0.2, 0) is 4.74 Å². The van der Waals surface area contributed by atoms with Crippen LogP contribution in [0.1, 0.15) is 20.8 Å². The van der Waals surface area contributed by atoms with Crippen molar-refractivity contribution in [2.45, 2.75) is 13.8 Å². The fourth-order valence-electron chi connectivity index (χ4n) is 1.87. The van der Waals surface area contributed by atoms with E-state index in [4.69, 9.17) is 17.0 Å². The summed E-state index contributed by atoms with van der Waals surface area (Å²) in [5.41, 5.74) is 1.88. The van der Waals surface area contributed by atoms with Crippen LogP contribution in [0.2, 0.25) is 0 Å². The average molecular weight is 336 g/mol. The predicted octanol–water partition coefficient (Wildman–Crippen LogP) is 3.67. The molecule has 2 aromatic rings. The van der Waals surface area contributed by atoms with Gasteiger partial charge in [0.15, 0.2) is 5.11 Å². The monoisotopic (exact) mass is 336 g/mol. The molecule has 1 heterocycles. The fraction of sp³-hybridized carbons (Fsp3) is 0.200. The summed E-state index contributed by atoms with van der Waals surface area (Å²) in [7, 11) is 1.33. The molecule has 0 saturated carbocycles. The number of nitrogens with one attached hydrogen (secondary N) is 2. The van der Waals surface area contributed by atoms with E-state index in [-0.39, 0.29) is 10.9 Å². The number of rotatable bonds is 3. The van der Waals surface area contributed by atoms with Crippen LogP contribution in [0, 0.1) is 13.8 Å². The second kappa shape index (κ2) is 6.76. The number of hydrogen-bond donors (Lipinski definition) is 3. The van der Waals surface area contributed by atoms with Crippen molar-refractivity contribution < 1.29 is 14.6 Å². The van der Waals surface area contributed by atoms with E-state index in [1.807, 2.05) is 19.9 Å². The molecule has 0 aliphatic rings. The maximum Gasteiger partial charge on any atom is 0.340 e. The van der Waals surface area contributed by atoms with Gasteiger partial charge in [-0.25, -0.2) is 4.79 Å². The van der Waals surface area contributed by atoms with Gasteiger partial charge in [0.1, 0.15) is 10.8 Å².